The molecule has 2 atom stereocenters. The highest BCUT2D eigenvalue weighted by Gasteiger charge is 2.31. The van der Waals surface area contributed by atoms with Crippen molar-refractivity contribution in [2.24, 2.45) is 17.2 Å². The van der Waals surface area contributed by atoms with Gasteiger partial charge in [0, 0.05) is 57.0 Å². The fourth-order valence-corrected chi connectivity index (χ4v) is 5.23. The molecule has 2 heterocycles. The minimum Gasteiger partial charge on any atom is -0.353 e. The Morgan fingerprint density at radius 2 is 1.64 bits per heavy atom. The molecule has 196 valence electrons. The van der Waals surface area contributed by atoms with Gasteiger partial charge in [0.1, 0.15) is 5.82 Å². The molecule has 1 saturated carbocycles. The summed E-state index contributed by atoms with van der Waals surface area (Å²) < 4.78 is 1.55. The van der Waals surface area contributed by atoms with Crippen LogP contribution in [0.5, 0.6) is 0 Å². The zero-order valence-electron chi connectivity index (χ0n) is 21.6. The van der Waals surface area contributed by atoms with Gasteiger partial charge in [-0.3, -0.25) is 14.3 Å². The Morgan fingerprint density at radius 3 is 2.19 bits per heavy atom. The van der Waals surface area contributed by atoms with Gasteiger partial charge in [-0.25, -0.2) is 4.79 Å². The lowest BCUT2D eigenvalue weighted by molar-refractivity contribution is -0.136. The Labute approximate surface area is 213 Å². The Balaban J connectivity index is 1.37. The molecule has 1 saturated heterocycles. The molecule has 2 aromatic rings. The summed E-state index contributed by atoms with van der Waals surface area (Å²) in [6.07, 6.45) is 4.58. The molecule has 1 aromatic heterocycles. The lowest BCUT2D eigenvalue weighted by Crippen LogP contribution is -2.57. The number of hydrogen-bond acceptors (Lipinski definition) is 8. The number of piperazine rings is 1. The van der Waals surface area contributed by atoms with E-state index in [4.69, 9.17) is 17.2 Å². The number of amides is 1. The normalized spacial score (nSPS) is 23.2. The van der Waals surface area contributed by atoms with Crippen molar-refractivity contribution in [1.82, 2.24) is 19.4 Å². The van der Waals surface area contributed by atoms with E-state index in [1.807, 2.05) is 35.2 Å². The molecule has 1 aliphatic heterocycles. The van der Waals surface area contributed by atoms with Gasteiger partial charge in [0.05, 0.1) is 11.2 Å². The van der Waals surface area contributed by atoms with Gasteiger partial charge in [-0.1, -0.05) is 12.1 Å². The maximum absolute atomic E-state index is 12.8. The fourth-order valence-electron chi connectivity index (χ4n) is 5.23. The van der Waals surface area contributed by atoms with Crippen LogP contribution >= 0.6 is 0 Å². The Bertz CT molecular complexity index is 1090. The third-order valence-corrected chi connectivity index (χ3v) is 7.26. The van der Waals surface area contributed by atoms with Crippen LogP contribution in [0.25, 0.3) is 5.69 Å². The van der Waals surface area contributed by atoms with E-state index in [2.05, 4.69) is 16.9 Å². The van der Waals surface area contributed by atoms with Crippen LogP contribution in [-0.2, 0) is 11.3 Å². The molecule has 4 rings (SSSR count). The highest BCUT2D eigenvalue weighted by atomic mass is 16.2. The van der Waals surface area contributed by atoms with Crippen LogP contribution in [0.4, 0.5) is 5.82 Å². The summed E-state index contributed by atoms with van der Waals surface area (Å²) >= 11 is 0. The second kappa shape index (κ2) is 10.7. The van der Waals surface area contributed by atoms with Crippen LogP contribution in [0.1, 0.15) is 38.7 Å². The summed E-state index contributed by atoms with van der Waals surface area (Å²) in [6, 6.07) is 10.5. The molecule has 10 nitrogen and oxygen atoms in total. The van der Waals surface area contributed by atoms with Crippen LogP contribution in [-0.4, -0.2) is 82.1 Å². The molecule has 6 N–H and O–H groups in total. The highest BCUT2D eigenvalue weighted by Crippen LogP contribution is 2.22. The molecule has 0 radical (unpaired) electrons. The van der Waals surface area contributed by atoms with Crippen molar-refractivity contribution in [3.8, 4) is 5.69 Å². The minimum absolute atomic E-state index is 0.0638. The van der Waals surface area contributed by atoms with E-state index < -0.39 is 5.54 Å². The van der Waals surface area contributed by atoms with E-state index >= 15 is 0 Å². The molecule has 1 aliphatic carbocycles. The molecule has 2 aliphatic rings. The number of benzene rings is 1. The number of nitrogens with zero attached hydrogens (tertiary/aromatic N) is 5. The van der Waals surface area contributed by atoms with E-state index in [0.29, 0.717) is 38.0 Å². The van der Waals surface area contributed by atoms with Crippen LogP contribution in [0, 0.1) is 0 Å². The first-order valence-electron chi connectivity index (χ1n) is 12.7. The van der Waals surface area contributed by atoms with Crippen LogP contribution in [0.3, 0.4) is 0 Å². The highest BCUT2D eigenvalue weighted by molar-refractivity contribution is 5.85. The Kier molecular flexibility index (Phi) is 7.79. The molecular weight excluding hydrogens is 456 g/mol. The number of aromatic nitrogens is 2. The maximum Gasteiger partial charge on any atom is 0.354 e. The van der Waals surface area contributed by atoms with Gasteiger partial charge in [0.25, 0.3) is 0 Å². The second-order valence-electron chi connectivity index (χ2n) is 10.9. The van der Waals surface area contributed by atoms with Gasteiger partial charge in [-0.15, -0.1) is 0 Å². The Morgan fingerprint density at radius 1 is 1.03 bits per heavy atom. The van der Waals surface area contributed by atoms with E-state index in [1.54, 1.807) is 29.5 Å². The zero-order chi connectivity index (χ0) is 26.0. The second-order valence-corrected chi connectivity index (χ2v) is 10.9. The Hall–Kier alpha value is -2.79. The molecule has 1 amide bonds. The van der Waals surface area contributed by atoms with Gasteiger partial charge in [0.2, 0.25) is 5.91 Å². The number of nitrogens with two attached hydrogens (primary N) is 3. The van der Waals surface area contributed by atoms with E-state index in [1.165, 1.54) is 5.56 Å². The van der Waals surface area contributed by atoms with Gasteiger partial charge in [-0.2, -0.15) is 4.98 Å². The van der Waals surface area contributed by atoms with Crippen LogP contribution < -0.4 is 27.8 Å². The number of hydrogen-bond donors (Lipinski definition) is 3. The van der Waals surface area contributed by atoms with Crippen molar-refractivity contribution in [2.75, 3.05) is 38.1 Å². The molecule has 36 heavy (non-hydrogen) atoms. The maximum atomic E-state index is 12.8. The molecule has 10 heteroatoms. The third-order valence-electron chi connectivity index (χ3n) is 7.26. The number of anilines is 1. The number of carbonyl (C=O) groups excluding carboxylic acids is 1. The van der Waals surface area contributed by atoms with Crippen LogP contribution in [0.2, 0.25) is 0 Å². The van der Waals surface area contributed by atoms with Crippen molar-refractivity contribution in [3.05, 3.63) is 52.6 Å². The lowest BCUT2D eigenvalue weighted by Gasteiger charge is -2.38. The van der Waals surface area contributed by atoms with Crippen LogP contribution in [0.15, 0.2) is 41.3 Å². The van der Waals surface area contributed by atoms with E-state index in [9.17, 15) is 9.59 Å². The lowest BCUT2D eigenvalue weighted by atomic mass is 9.87. The first-order valence-corrected chi connectivity index (χ1v) is 12.7. The first kappa shape index (κ1) is 26.3. The molecule has 0 bridgehead atoms. The average molecular weight is 497 g/mol. The predicted octanol–water partition coefficient (Wildman–Crippen LogP) is 0.257. The molecular formula is C26H40N8O2. The van der Waals surface area contributed by atoms with E-state index in [-0.39, 0.29) is 23.7 Å². The van der Waals surface area contributed by atoms with Gasteiger partial charge in [0.15, 0.2) is 0 Å². The van der Waals surface area contributed by atoms with Crippen molar-refractivity contribution in [1.29, 1.82) is 0 Å². The SMILES string of the molecule is CN(Cc1ccc(-n2ccc(N3CCN(C(=O)C(C)(C)N)CC3)nc2=O)cc1)C1CC(N)CC(N)C1. The van der Waals surface area contributed by atoms with Crippen molar-refractivity contribution in [2.45, 2.75) is 63.3 Å². The third kappa shape index (κ3) is 6.12. The minimum atomic E-state index is -0.886. The first-order chi connectivity index (χ1) is 17.0. The summed E-state index contributed by atoms with van der Waals surface area (Å²) in [5.41, 5.74) is 19.0. The average Bonchev–Trinajstić information content (AvgIpc) is 2.83. The molecule has 2 unspecified atom stereocenters. The number of rotatable bonds is 6. The topological polar surface area (TPSA) is 140 Å². The monoisotopic (exact) mass is 496 g/mol. The quantitative estimate of drug-likeness (QED) is 0.517. The van der Waals surface area contributed by atoms with Gasteiger partial charge in [-0.05, 0) is 63.9 Å². The summed E-state index contributed by atoms with van der Waals surface area (Å²) in [6.45, 7) is 6.56. The van der Waals surface area contributed by atoms with Crippen molar-refractivity contribution >= 4 is 11.7 Å². The van der Waals surface area contributed by atoms with Gasteiger partial charge < -0.3 is 27.0 Å². The zero-order valence-corrected chi connectivity index (χ0v) is 21.6. The largest absolute Gasteiger partial charge is 0.354 e. The summed E-state index contributed by atoms with van der Waals surface area (Å²) in [5.74, 6) is 0.559. The fraction of sp³-hybridized carbons (Fsp3) is 0.577. The molecule has 1 aromatic carbocycles. The smallest absolute Gasteiger partial charge is 0.353 e. The predicted molar refractivity (Wildman–Crippen MR) is 142 cm³/mol. The summed E-state index contributed by atoms with van der Waals surface area (Å²) in [7, 11) is 2.11. The molecule has 2 fully saturated rings. The standard InChI is InChI=1S/C26H40N8O2/c1-26(2,29)24(35)33-12-10-32(11-13-33)23-8-9-34(25(36)30-23)21-6-4-18(5-7-21)17-31(3)22-15-19(27)14-20(28)16-22/h4-9,19-20,22H,10-17,27-29H2,1-3H3. The summed E-state index contributed by atoms with van der Waals surface area (Å²) in [4.78, 5) is 35.7. The van der Waals surface area contributed by atoms with E-state index in [0.717, 1.165) is 31.5 Å². The van der Waals surface area contributed by atoms with Crippen molar-refractivity contribution in [3.63, 3.8) is 0 Å². The van der Waals surface area contributed by atoms with Gasteiger partial charge >= 0.3 is 5.69 Å². The molecule has 0 spiro atoms. The van der Waals surface area contributed by atoms with Crippen molar-refractivity contribution < 1.29 is 4.79 Å². The number of carbonyl (C=O) groups is 1. The summed E-state index contributed by atoms with van der Waals surface area (Å²) in [5, 5.41) is 0.